The molecule has 4 rings (SSSR count). The van der Waals surface area contributed by atoms with Crippen LogP contribution in [-0.4, -0.2) is 29.7 Å². The van der Waals surface area contributed by atoms with Gasteiger partial charge in [-0.15, -0.1) is 11.3 Å². The van der Waals surface area contributed by atoms with Crippen molar-refractivity contribution in [3.05, 3.63) is 94.8 Å². The first kappa shape index (κ1) is 25.8. The van der Waals surface area contributed by atoms with E-state index >= 15 is 0 Å². The minimum absolute atomic E-state index is 0.0651. The van der Waals surface area contributed by atoms with Crippen molar-refractivity contribution in [1.82, 2.24) is 4.57 Å². The summed E-state index contributed by atoms with van der Waals surface area (Å²) in [5.74, 6) is -2.61. The molecule has 2 N–H and O–H groups in total. The fourth-order valence-corrected chi connectivity index (χ4v) is 5.61. The van der Waals surface area contributed by atoms with Gasteiger partial charge in [-0.2, -0.15) is 0 Å². The number of nitrogens with zero attached hydrogens (tertiary/aromatic N) is 1. The third kappa shape index (κ3) is 4.59. The molecule has 1 aliphatic heterocycles. The normalized spacial score (nSPS) is 15.6. The molecule has 1 atom stereocenters. The molecule has 0 saturated carbocycles. The Labute approximate surface area is 220 Å². The van der Waals surface area contributed by atoms with Crippen LogP contribution in [-0.2, 0) is 19.1 Å². The lowest BCUT2D eigenvalue weighted by Crippen LogP contribution is -2.42. The van der Waals surface area contributed by atoms with E-state index in [-0.39, 0.29) is 39.4 Å². The van der Waals surface area contributed by atoms with E-state index in [1.807, 2.05) is 0 Å². The van der Waals surface area contributed by atoms with Crippen LogP contribution in [0, 0.1) is 0 Å². The Morgan fingerprint density at radius 3 is 2.17 bits per heavy atom. The van der Waals surface area contributed by atoms with Gasteiger partial charge in [-0.1, -0.05) is 59.6 Å². The predicted molar refractivity (Wildman–Crippen MR) is 141 cm³/mol. The molecule has 10 heteroatoms. The van der Waals surface area contributed by atoms with Crippen molar-refractivity contribution in [2.24, 2.45) is 5.73 Å². The smallest absolute Gasteiger partial charge is 0.338 e. The Morgan fingerprint density at radius 2 is 1.56 bits per heavy atom. The van der Waals surface area contributed by atoms with Crippen LogP contribution >= 0.6 is 34.5 Å². The Hall–Kier alpha value is -3.33. The van der Waals surface area contributed by atoms with Gasteiger partial charge in [0.25, 0.3) is 5.56 Å². The first-order chi connectivity index (χ1) is 17.3. The maximum atomic E-state index is 13.5. The number of carbonyl (C=O) groups excluding carboxylic acids is 2. The number of ether oxygens (including phenoxy) is 2. The molecule has 0 spiro atoms. The number of esters is 2. The second-order valence-corrected chi connectivity index (χ2v) is 9.53. The van der Waals surface area contributed by atoms with E-state index in [2.05, 4.69) is 0 Å². The zero-order valence-corrected chi connectivity index (χ0v) is 21.7. The monoisotopic (exact) mass is 544 g/mol. The quantitative estimate of drug-likeness (QED) is 0.478. The van der Waals surface area contributed by atoms with Crippen LogP contribution in [0.5, 0.6) is 0 Å². The molecule has 0 fully saturated rings. The SMILES string of the molecule is CCOC(=O)C1=C(N)n2c(sc(=Cc3ccccc3Cl)c2=O)=C(C(=O)OCC)C1c1ccccc1Cl. The third-order valence-corrected chi connectivity index (χ3v) is 7.34. The second kappa shape index (κ2) is 10.7. The lowest BCUT2D eigenvalue weighted by molar-refractivity contribution is -0.138. The van der Waals surface area contributed by atoms with Crippen molar-refractivity contribution >= 4 is 63.9 Å². The number of rotatable bonds is 6. The van der Waals surface area contributed by atoms with E-state index in [9.17, 15) is 14.4 Å². The summed E-state index contributed by atoms with van der Waals surface area (Å²) >= 11 is 13.9. The number of hydrogen-bond acceptors (Lipinski definition) is 7. The van der Waals surface area contributed by atoms with Crippen LogP contribution < -0.4 is 20.5 Å². The van der Waals surface area contributed by atoms with E-state index in [1.54, 1.807) is 68.5 Å². The molecule has 1 aromatic heterocycles. The number of nitrogens with two attached hydrogens (primary N) is 1. The molecular formula is C26H22Cl2N2O5S. The van der Waals surface area contributed by atoms with Gasteiger partial charge in [-0.25, -0.2) is 9.59 Å². The van der Waals surface area contributed by atoms with Crippen LogP contribution in [0.3, 0.4) is 0 Å². The van der Waals surface area contributed by atoms with Gasteiger partial charge in [-0.05, 0) is 43.2 Å². The van der Waals surface area contributed by atoms with Crippen molar-refractivity contribution in [3.63, 3.8) is 0 Å². The van der Waals surface area contributed by atoms with E-state index < -0.39 is 23.4 Å². The van der Waals surface area contributed by atoms with Gasteiger partial charge in [0.05, 0.1) is 34.8 Å². The van der Waals surface area contributed by atoms with Crippen molar-refractivity contribution in [3.8, 4) is 0 Å². The van der Waals surface area contributed by atoms with Gasteiger partial charge in [0.1, 0.15) is 10.5 Å². The highest BCUT2D eigenvalue weighted by Gasteiger charge is 2.40. The molecule has 0 aliphatic carbocycles. The fraction of sp³-hybridized carbons (Fsp3) is 0.192. The van der Waals surface area contributed by atoms with Crippen LogP contribution in [0.15, 0.2) is 58.9 Å². The standard InChI is InChI=1S/C26H22Cl2N2O5S/c1-3-34-25(32)20-19(15-10-6-8-12-17(15)28)21(26(33)35-4-2)24-30(22(20)29)23(31)18(36-24)13-14-9-5-7-11-16(14)27/h5-13,19H,3-4,29H2,1-2H3. The Morgan fingerprint density at radius 1 is 0.972 bits per heavy atom. The summed E-state index contributed by atoms with van der Waals surface area (Å²) in [6, 6.07) is 13.8. The van der Waals surface area contributed by atoms with Crippen LogP contribution in [0.25, 0.3) is 17.5 Å². The highest BCUT2D eigenvalue weighted by molar-refractivity contribution is 7.07. The lowest BCUT2D eigenvalue weighted by atomic mass is 9.83. The van der Waals surface area contributed by atoms with Crippen LogP contribution in [0.4, 0.5) is 0 Å². The third-order valence-electron chi connectivity index (χ3n) is 5.55. The van der Waals surface area contributed by atoms with Crippen molar-refractivity contribution < 1.29 is 19.1 Å². The number of halogens is 2. The lowest BCUT2D eigenvalue weighted by Gasteiger charge is -2.27. The maximum absolute atomic E-state index is 13.5. The maximum Gasteiger partial charge on any atom is 0.338 e. The zero-order valence-electron chi connectivity index (χ0n) is 19.4. The van der Waals surface area contributed by atoms with Gasteiger partial charge < -0.3 is 15.2 Å². The molecule has 36 heavy (non-hydrogen) atoms. The number of aromatic nitrogens is 1. The minimum Gasteiger partial charge on any atom is -0.463 e. The molecule has 7 nitrogen and oxygen atoms in total. The van der Waals surface area contributed by atoms with E-state index in [1.165, 1.54) is 0 Å². The van der Waals surface area contributed by atoms with Gasteiger partial charge >= 0.3 is 11.9 Å². The molecule has 3 aromatic rings. The fourth-order valence-electron chi connectivity index (χ4n) is 4.02. The number of carbonyl (C=O) groups is 2. The number of hydrogen-bond donors (Lipinski definition) is 1. The topological polar surface area (TPSA) is 101 Å². The molecule has 0 amide bonds. The van der Waals surface area contributed by atoms with Crippen molar-refractivity contribution in [2.75, 3.05) is 13.2 Å². The summed E-state index contributed by atoms with van der Waals surface area (Å²) in [5, 5.41) is 0.765. The molecule has 0 bridgehead atoms. The molecule has 0 radical (unpaired) electrons. The molecule has 1 aliphatic rings. The summed E-state index contributed by atoms with van der Waals surface area (Å²) in [4.78, 5) is 40.1. The molecule has 0 saturated heterocycles. The predicted octanol–water partition coefficient (Wildman–Crippen LogP) is 3.25. The Bertz CT molecular complexity index is 1570. The highest BCUT2D eigenvalue weighted by Crippen LogP contribution is 2.40. The average Bonchev–Trinajstić information content (AvgIpc) is 3.16. The minimum atomic E-state index is -1.01. The summed E-state index contributed by atoms with van der Waals surface area (Å²) < 4.78 is 12.3. The summed E-state index contributed by atoms with van der Waals surface area (Å²) in [6.07, 6.45) is 1.62. The summed E-state index contributed by atoms with van der Waals surface area (Å²) in [6.45, 7) is 3.47. The summed E-state index contributed by atoms with van der Waals surface area (Å²) in [7, 11) is 0. The number of fused-ring (bicyclic) bond motifs is 1. The molecule has 2 heterocycles. The van der Waals surface area contributed by atoms with Gasteiger partial charge in [0.15, 0.2) is 0 Å². The van der Waals surface area contributed by atoms with Gasteiger partial charge in [-0.3, -0.25) is 9.36 Å². The zero-order chi connectivity index (χ0) is 26.0. The Kier molecular flexibility index (Phi) is 7.68. The largest absolute Gasteiger partial charge is 0.463 e. The Balaban J connectivity index is 2.15. The molecule has 1 unspecified atom stereocenters. The van der Waals surface area contributed by atoms with Crippen molar-refractivity contribution in [2.45, 2.75) is 19.8 Å². The van der Waals surface area contributed by atoms with E-state index in [4.69, 9.17) is 38.4 Å². The van der Waals surface area contributed by atoms with E-state index in [0.29, 0.717) is 21.2 Å². The van der Waals surface area contributed by atoms with Crippen molar-refractivity contribution in [1.29, 1.82) is 0 Å². The highest BCUT2D eigenvalue weighted by atomic mass is 35.5. The second-order valence-electron chi connectivity index (χ2n) is 7.69. The van der Waals surface area contributed by atoms with Crippen LogP contribution in [0.2, 0.25) is 10.0 Å². The van der Waals surface area contributed by atoms with Crippen LogP contribution in [0.1, 0.15) is 30.9 Å². The first-order valence-corrected chi connectivity index (χ1v) is 12.7. The first-order valence-electron chi connectivity index (χ1n) is 11.1. The number of benzene rings is 2. The molecule has 186 valence electrons. The molecule has 2 aromatic carbocycles. The van der Waals surface area contributed by atoms with Gasteiger partial charge in [0.2, 0.25) is 0 Å². The van der Waals surface area contributed by atoms with Gasteiger partial charge in [0, 0.05) is 10.0 Å². The summed E-state index contributed by atoms with van der Waals surface area (Å²) in [5.41, 5.74) is 7.04. The average molecular weight is 545 g/mol. The molecular weight excluding hydrogens is 523 g/mol. The number of thiazole rings is 1. The van der Waals surface area contributed by atoms with E-state index in [0.717, 1.165) is 15.9 Å².